The summed E-state index contributed by atoms with van der Waals surface area (Å²) in [7, 11) is -3.64. The molecule has 2 fully saturated rings. The summed E-state index contributed by atoms with van der Waals surface area (Å²) in [6.45, 7) is -2.79. The largest absolute Gasteiger partial charge is 0.354 e. The zero-order chi connectivity index (χ0) is 23.3. The van der Waals surface area contributed by atoms with Crippen molar-refractivity contribution >= 4 is 39.1 Å². The first-order valence-corrected chi connectivity index (χ1v) is 10.7. The second-order valence-corrected chi connectivity index (χ2v) is 9.27. The zero-order valence-corrected chi connectivity index (χ0v) is 16.2. The van der Waals surface area contributed by atoms with Crippen molar-refractivity contribution in [2.24, 2.45) is 11.3 Å². The molecule has 152 valence electrons. The van der Waals surface area contributed by atoms with Gasteiger partial charge in [-0.15, -0.1) is 10.2 Å². The SMILES string of the molecule is [2H]C([2H])([2H])NC(=O)c1nnc(NC(=O)C2CC23CC3)nc1Nc1ccccc1S(C)(=O)=O. The highest BCUT2D eigenvalue weighted by Gasteiger charge is 2.65. The maximum atomic E-state index is 12.4. The van der Waals surface area contributed by atoms with Crippen molar-refractivity contribution in [3.05, 3.63) is 30.0 Å². The van der Waals surface area contributed by atoms with Crippen molar-refractivity contribution in [1.82, 2.24) is 20.5 Å². The van der Waals surface area contributed by atoms with Crippen molar-refractivity contribution in [3.63, 3.8) is 0 Å². The summed E-state index contributed by atoms with van der Waals surface area (Å²) < 4.78 is 45.9. The molecular formula is C18H20N6O4S. The molecule has 0 radical (unpaired) electrons. The maximum Gasteiger partial charge on any atom is 0.275 e. The molecule has 1 atom stereocenters. The first kappa shape index (κ1) is 15.8. The normalized spacial score (nSPS) is 20.7. The van der Waals surface area contributed by atoms with Gasteiger partial charge in [0, 0.05) is 23.3 Å². The van der Waals surface area contributed by atoms with Crippen molar-refractivity contribution in [2.45, 2.75) is 24.2 Å². The Balaban J connectivity index is 1.67. The number of para-hydroxylation sites is 1. The third-order valence-corrected chi connectivity index (χ3v) is 6.34. The molecule has 0 aliphatic heterocycles. The standard InChI is InChI=1S/C18H20N6O4S/c1-19-16(26)13-14(20-11-5-3-4-6-12(11)29(2,27)28)21-17(24-23-13)22-15(25)10-9-18(10)7-8-18/h3-6,10H,7-9H2,1-2H3,(H,19,26)(H2,20,21,22,24,25)/i1D3. The Morgan fingerprint density at radius 3 is 2.66 bits per heavy atom. The lowest BCUT2D eigenvalue weighted by Gasteiger charge is -2.13. The third kappa shape index (κ3) is 3.77. The van der Waals surface area contributed by atoms with Gasteiger partial charge >= 0.3 is 0 Å². The van der Waals surface area contributed by atoms with Crippen molar-refractivity contribution in [3.8, 4) is 0 Å². The van der Waals surface area contributed by atoms with Gasteiger partial charge in [0.05, 0.1) is 10.6 Å². The summed E-state index contributed by atoms with van der Waals surface area (Å²) in [5.41, 5.74) is -0.283. The van der Waals surface area contributed by atoms with E-state index in [1.807, 2.05) is 0 Å². The van der Waals surface area contributed by atoms with Crippen LogP contribution in [0.15, 0.2) is 29.2 Å². The number of hydrogen-bond donors (Lipinski definition) is 3. The molecule has 2 aliphatic carbocycles. The zero-order valence-electron chi connectivity index (χ0n) is 18.4. The van der Waals surface area contributed by atoms with E-state index in [0.717, 1.165) is 25.5 Å². The number of aromatic nitrogens is 3. The predicted octanol–water partition coefficient (Wildman–Crippen LogP) is 1.12. The lowest BCUT2D eigenvalue weighted by molar-refractivity contribution is -0.117. The lowest BCUT2D eigenvalue weighted by atomic mass is 10.3. The van der Waals surface area contributed by atoms with Gasteiger partial charge < -0.3 is 10.6 Å². The van der Waals surface area contributed by atoms with Crippen LogP contribution in [-0.2, 0) is 14.6 Å². The smallest absolute Gasteiger partial charge is 0.275 e. The fraction of sp³-hybridized carbons (Fsp3) is 0.389. The molecule has 0 bridgehead atoms. The Kier molecular flexibility index (Phi) is 3.68. The highest BCUT2D eigenvalue weighted by Crippen LogP contribution is 2.70. The number of hydrogen-bond acceptors (Lipinski definition) is 8. The highest BCUT2D eigenvalue weighted by molar-refractivity contribution is 7.90. The van der Waals surface area contributed by atoms with E-state index in [9.17, 15) is 18.0 Å². The van der Waals surface area contributed by atoms with Crippen LogP contribution in [0, 0.1) is 11.3 Å². The van der Waals surface area contributed by atoms with Crippen LogP contribution in [0.25, 0.3) is 0 Å². The summed E-state index contributed by atoms with van der Waals surface area (Å²) in [5, 5.41) is 14.5. The second-order valence-electron chi connectivity index (χ2n) is 7.29. The highest BCUT2D eigenvalue weighted by atomic mass is 32.2. The van der Waals surface area contributed by atoms with Crippen LogP contribution in [0.2, 0.25) is 0 Å². The van der Waals surface area contributed by atoms with Gasteiger partial charge in [0.15, 0.2) is 21.3 Å². The Morgan fingerprint density at radius 1 is 1.24 bits per heavy atom. The molecule has 0 saturated heterocycles. The van der Waals surface area contributed by atoms with Gasteiger partial charge in [-0.1, -0.05) is 12.1 Å². The number of nitrogens with one attached hydrogen (secondary N) is 3. The fourth-order valence-electron chi connectivity index (χ4n) is 3.33. The Labute approximate surface area is 171 Å². The van der Waals surface area contributed by atoms with E-state index in [2.05, 4.69) is 25.8 Å². The van der Waals surface area contributed by atoms with Crippen LogP contribution >= 0.6 is 0 Å². The molecule has 1 spiro atoms. The molecule has 2 saturated carbocycles. The van der Waals surface area contributed by atoms with Gasteiger partial charge in [0.1, 0.15) is 0 Å². The fourth-order valence-corrected chi connectivity index (χ4v) is 4.17. The molecule has 11 heteroatoms. The average molecular weight is 419 g/mol. The van der Waals surface area contributed by atoms with Gasteiger partial charge in [0.2, 0.25) is 5.91 Å². The third-order valence-electron chi connectivity index (χ3n) is 5.19. The molecule has 29 heavy (non-hydrogen) atoms. The van der Waals surface area contributed by atoms with Crippen LogP contribution in [0.5, 0.6) is 0 Å². The summed E-state index contributed by atoms with van der Waals surface area (Å²) >= 11 is 0. The minimum Gasteiger partial charge on any atom is -0.354 e. The van der Waals surface area contributed by atoms with E-state index in [0.29, 0.717) is 0 Å². The van der Waals surface area contributed by atoms with E-state index in [4.69, 9.17) is 4.11 Å². The molecular weight excluding hydrogens is 396 g/mol. The van der Waals surface area contributed by atoms with Crippen LogP contribution < -0.4 is 16.0 Å². The Hall–Kier alpha value is -3.08. The summed E-state index contributed by atoms with van der Waals surface area (Å²) in [6, 6.07) is 5.90. The minimum absolute atomic E-state index is 0.0694. The molecule has 4 rings (SSSR count). The van der Waals surface area contributed by atoms with E-state index in [-0.39, 0.29) is 39.6 Å². The summed E-state index contributed by atoms with van der Waals surface area (Å²) in [6.07, 6.45) is 3.84. The molecule has 2 aromatic rings. The van der Waals surface area contributed by atoms with E-state index in [1.165, 1.54) is 18.2 Å². The molecule has 3 N–H and O–H groups in total. The molecule has 1 aromatic heterocycles. The molecule has 2 aliphatic rings. The van der Waals surface area contributed by atoms with Gasteiger partial charge in [-0.2, -0.15) is 4.98 Å². The van der Waals surface area contributed by atoms with Crippen LogP contribution in [0.1, 0.15) is 33.9 Å². The van der Waals surface area contributed by atoms with Gasteiger partial charge in [-0.3, -0.25) is 14.9 Å². The number of carbonyl (C=O) groups is 2. The van der Waals surface area contributed by atoms with E-state index >= 15 is 0 Å². The molecule has 10 nitrogen and oxygen atoms in total. The second kappa shape index (κ2) is 6.76. The molecule has 1 aromatic carbocycles. The Morgan fingerprint density at radius 2 is 2.00 bits per heavy atom. The van der Waals surface area contributed by atoms with Crippen LogP contribution in [-0.4, -0.2) is 48.6 Å². The number of amides is 2. The monoisotopic (exact) mass is 419 g/mol. The quantitative estimate of drug-likeness (QED) is 0.632. The van der Waals surface area contributed by atoms with Gasteiger partial charge in [-0.05, 0) is 36.8 Å². The number of anilines is 3. The van der Waals surface area contributed by atoms with Crippen LogP contribution in [0.4, 0.5) is 17.5 Å². The van der Waals surface area contributed by atoms with E-state index in [1.54, 1.807) is 11.4 Å². The van der Waals surface area contributed by atoms with Crippen LogP contribution in [0.3, 0.4) is 0 Å². The predicted molar refractivity (Wildman–Crippen MR) is 104 cm³/mol. The number of rotatable bonds is 6. The number of sulfone groups is 1. The van der Waals surface area contributed by atoms with E-state index < -0.39 is 28.4 Å². The molecule has 1 unspecified atom stereocenters. The Bertz CT molecular complexity index is 1210. The minimum atomic E-state index is -3.64. The maximum absolute atomic E-state index is 12.4. The first-order chi connectivity index (χ1) is 14.9. The summed E-state index contributed by atoms with van der Waals surface area (Å²) in [4.78, 5) is 28.9. The summed E-state index contributed by atoms with van der Waals surface area (Å²) in [5.74, 6) is -1.92. The van der Waals surface area contributed by atoms with Gasteiger partial charge in [0.25, 0.3) is 11.9 Å². The van der Waals surface area contributed by atoms with Crippen molar-refractivity contribution in [1.29, 1.82) is 0 Å². The molecule has 2 amide bonds. The number of nitrogens with zero attached hydrogens (tertiary/aromatic N) is 3. The number of carbonyl (C=O) groups excluding carboxylic acids is 2. The lowest BCUT2D eigenvalue weighted by Crippen LogP contribution is -2.24. The topological polar surface area (TPSA) is 143 Å². The molecule has 1 heterocycles. The number of benzene rings is 1. The van der Waals surface area contributed by atoms with Gasteiger partial charge in [-0.25, -0.2) is 8.42 Å². The van der Waals surface area contributed by atoms with Crippen molar-refractivity contribution < 1.29 is 22.1 Å². The van der Waals surface area contributed by atoms with Crippen molar-refractivity contribution in [2.75, 3.05) is 23.9 Å². The average Bonchev–Trinajstić information content (AvgIpc) is 3.59. The first-order valence-electron chi connectivity index (χ1n) is 10.3.